The topological polar surface area (TPSA) is 69.7 Å². The van der Waals surface area contributed by atoms with Crippen LogP contribution in [0.4, 0.5) is 10.5 Å². The monoisotopic (exact) mass is 344 g/mol. The third kappa shape index (κ3) is 3.75. The highest BCUT2D eigenvalue weighted by Gasteiger charge is 2.06. The lowest BCUT2D eigenvalue weighted by atomic mass is 10.3. The third-order valence-corrected chi connectivity index (χ3v) is 4.28. The molecule has 0 fully saturated rings. The third-order valence-electron chi connectivity index (χ3n) is 3.29. The first-order chi connectivity index (χ1) is 11.7. The van der Waals surface area contributed by atoms with Crippen LogP contribution in [0.2, 0.25) is 0 Å². The van der Waals surface area contributed by atoms with Crippen molar-refractivity contribution in [1.29, 1.82) is 0 Å². The van der Waals surface area contributed by atoms with E-state index >= 15 is 0 Å². The standard InChI is InChI=1S/C17H16N2O4S/c1-21-13-7-8-14-15(9-13)24-16(19-14)10-23-12-5-3-11(4-6-12)18-17(20)22-2/h3-9H,10H2,1-2H3,(H,18,20). The molecule has 0 aliphatic rings. The van der Waals surface area contributed by atoms with Gasteiger partial charge in [-0.2, -0.15) is 0 Å². The summed E-state index contributed by atoms with van der Waals surface area (Å²) < 4.78 is 16.6. The molecule has 0 unspecified atom stereocenters. The number of carbonyl (C=O) groups is 1. The summed E-state index contributed by atoms with van der Waals surface area (Å²) in [6.07, 6.45) is -0.506. The first-order valence-corrected chi connectivity index (χ1v) is 8.01. The van der Waals surface area contributed by atoms with E-state index in [0.29, 0.717) is 18.0 Å². The maximum Gasteiger partial charge on any atom is 0.411 e. The molecule has 0 spiro atoms. The lowest BCUT2D eigenvalue weighted by molar-refractivity contribution is 0.187. The van der Waals surface area contributed by atoms with Crippen LogP contribution in [-0.4, -0.2) is 25.3 Å². The highest BCUT2D eigenvalue weighted by atomic mass is 32.1. The second-order valence-corrected chi connectivity index (χ2v) is 5.99. The van der Waals surface area contributed by atoms with Crippen molar-refractivity contribution in [1.82, 2.24) is 4.98 Å². The van der Waals surface area contributed by atoms with E-state index in [1.807, 2.05) is 18.2 Å². The summed E-state index contributed by atoms with van der Waals surface area (Å²) in [5.41, 5.74) is 1.57. The van der Waals surface area contributed by atoms with Gasteiger partial charge in [-0.1, -0.05) is 0 Å². The molecule has 0 saturated carbocycles. The van der Waals surface area contributed by atoms with Crippen LogP contribution in [0.3, 0.4) is 0 Å². The summed E-state index contributed by atoms with van der Waals surface area (Å²) in [6.45, 7) is 0.380. The maximum atomic E-state index is 11.1. The molecule has 1 aromatic heterocycles. The Hall–Kier alpha value is -2.80. The van der Waals surface area contributed by atoms with Crippen molar-refractivity contribution in [3.8, 4) is 11.5 Å². The summed E-state index contributed by atoms with van der Waals surface area (Å²) in [5, 5.41) is 3.47. The van der Waals surface area contributed by atoms with Crippen LogP contribution in [-0.2, 0) is 11.3 Å². The minimum atomic E-state index is -0.506. The zero-order chi connectivity index (χ0) is 16.9. The molecular formula is C17H16N2O4S. The van der Waals surface area contributed by atoms with Crippen LogP contribution in [0.5, 0.6) is 11.5 Å². The number of nitrogens with zero attached hydrogens (tertiary/aromatic N) is 1. The van der Waals surface area contributed by atoms with Gasteiger partial charge in [-0.05, 0) is 42.5 Å². The fourth-order valence-electron chi connectivity index (χ4n) is 2.09. The summed E-state index contributed by atoms with van der Waals surface area (Å²) in [5.74, 6) is 1.51. The number of fused-ring (bicyclic) bond motifs is 1. The van der Waals surface area contributed by atoms with E-state index in [1.165, 1.54) is 7.11 Å². The molecule has 3 rings (SSSR count). The van der Waals surface area contributed by atoms with Crippen molar-refractivity contribution in [2.75, 3.05) is 19.5 Å². The molecule has 3 aromatic rings. The number of hydrogen-bond acceptors (Lipinski definition) is 6. The van der Waals surface area contributed by atoms with Crippen molar-refractivity contribution in [3.63, 3.8) is 0 Å². The Morgan fingerprint density at radius 1 is 1.12 bits per heavy atom. The Morgan fingerprint density at radius 2 is 1.88 bits per heavy atom. The van der Waals surface area contributed by atoms with Gasteiger partial charge in [0.15, 0.2) is 0 Å². The van der Waals surface area contributed by atoms with E-state index < -0.39 is 6.09 Å². The fraction of sp³-hybridized carbons (Fsp3) is 0.176. The van der Waals surface area contributed by atoms with E-state index in [4.69, 9.17) is 9.47 Å². The molecule has 124 valence electrons. The molecule has 1 amide bonds. The van der Waals surface area contributed by atoms with Gasteiger partial charge in [0.05, 0.1) is 24.4 Å². The van der Waals surface area contributed by atoms with Gasteiger partial charge in [0.1, 0.15) is 23.1 Å². The van der Waals surface area contributed by atoms with E-state index in [-0.39, 0.29) is 0 Å². The van der Waals surface area contributed by atoms with Gasteiger partial charge in [0.25, 0.3) is 0 Å². The normalized spacial score (nSPS) is 10.4. The molecule has 0 aliphatic carbocycles. The molecule has 2 aromatic carbocycles. The molecular weight excluding hydrogens is 328 g/mol. The van der Waals surface area contributed by atoms with Crippen LogP contribution in [0, 0.1) is 0 Å². The average Bonchev–Trinajstić information content (AvgIpc) is 3.02. The Bertz CT molecular complexity index is 845. The molecule has 0 bridgehead atoms. The van der Waals surface area contributed by atoms with Gasteiger partial charge in [-0.15, -0.1) is 11.3 Å². The summed E-state index contributed by atoms with van der Waals surface area (Å²) in [6, 6.07) is 12.8. The molecule has 0 saturated heterocycles. The Labute approximate surface area is 143 Å². The maximum absolute atomic E-state index is 11.1. The van der Waals surface area contributed by atoms with Crippen molar-refractivity contribution < 1.29 is 19.0 Å². The molecule has 7 heteroatoms. The molecule has 24 heavy (non-hydrogen) atoms. The quantitative estimate of drug-likeness (QED) is 0.756. The number of rotatable bonds is 5. The Balaban J connectivity index is 1.64. The SMILES string of the molecule is COC(=O)Nc1ccc(OCc2nc3ccc(OC)cc3s2)cc1. The molecule has 1 N–H and O–H groups in total. The van der Waals surface area contributed by atoms with Crippen LogP contribution in [0.15, 0.2) is 42.5 Å². The van der Waals surface area contributed by atoms with Crippen molar-refractivity contribution in [3.05, 3.63) is 47.5 Å². The molecule has 0 aliphatic heterocycles. The molecule has 0 radical (unpaired) electrons. The number of methoxy groups -OCH3 is 2. The number of ether oxygens (including phenoxy) is 3. The minimum Gasteiger partial charge on any atom is -0.497 e. The van der Waals surface area contributed by atoms with Crippen LogP contribution >= 0.6 is 11.3 Å². The van der Waals surface area contributed by atoms with Gasteiger partial charge in [-0.25, -0.2) is 9.78 Å². The Morgan fingerprint density at radius 3 is 2.58 bits per heavy atom. The fourth-order valence-corrected chi connectivity index (χ4v) is 3.00. The zero-order valence-corrected chi connectivity index (χ0v) is 14.1. The predicted molar refractivity (Wildman–Crippen MR) is 93.0 cm³/mol. The van der Waals surface area contributed by atoms with Gasteiger partial charge in [0, 0.05) is 5.69 Å². The first kappa shape index (κ1) is 16.1. The highest BCUT2D eigenvalue weighted by Crippen LogP contribution is 2.27. The lowest BCUT2D eigenvalue weighted by Crippen LogP contribution is -2.10. The second-order valence-electron chi connectivity index (χ2n) is 4.87. The Kier molecular flexibility index (Phi) is 4.81. The number of anilines is 1. The number of amides is 1. The lowest BCUT2D eigenvalue weighted by Gasteiger charge is -2.06. The summed E-state index contributed by atoms with van der Waals surface area (Å²) >= 11 is 1.57. The number of thiazole rings is 1. The van der Waals surface area contributed by atoms with Crippen LogP contribution < -0.4 is 14.8 Å². The smallest absolute Gasteiger partial charge is 0.411 e. The molecule has 6 nitrogen and oxygen atoms in total. The highest BCUT2D eigenvalue weighted by molar-refractivity contribution is 7.18. The second kappa shape index (κ2) is 7.18. The molecule has 1 heterocycles. The van der Waals surface area contributed by atoms with Crippen molar-refractivity contribution >= 4 is 33.3 Å². The summed E-state index contributed by atoms with van der Waals surface area (Å²) in [7, 11) is 2.96. The first-order valence-electron chi connectivity index (χ1n) is 7.19. The average molecular weight is 344 g/mol. The van der Waals surface area contributed by atoms with Gasteiger partial charge >= 0.3 is 6.09 Å². The van der Waals surface area contributed by atoms with Crippen LogP contribution in [0.25, 0.3) is 10.2 Å². The largest absolute Gasteiger partial charge is 0.497 e. The van der Waals surface area contributed by atoms with E-state index in [2.05, 4.69) is 15.0 Å². The van der Waals surface area contributed by atoms with Crippen LogP contribution in [0.1, 0.15) is 5.01 Å². The van der Waals surface area contributed by atoms with Crippen molar-refractivity contribution in [2.45, 2.75) is 6.61 Å². The number of hydrogen-bond donors (Lipinski definition) is 1. The molecule has 0 atom stereocenters. The van der Waals surface area contributed by atoms with Crippen molar-refractivity contribution in [2.24, 2.45) is 0 Å². The summed E-state index contributed by atoms with van der Waals surface area (Å²) in [4.78, 5) is 15.7. The minimum absolute atomic E-state index is 0.380. The number of carbonyl (C=O) groups excluding carboxylic acids is 1. The van der Waals surface area contributed by atoms with E-state index in [1.54, 1.807) is 42.7 Å². The number of aromatic nitrogens is 1. The van der Waals surface area contributed by atoms with E-state index in [9.17, 15) is 4.79 Å². The van der Waals surface area contributed by atoms with Gasteiger partial charge in [-0.3, -0.25) is 5.32 Å². The predicted octanol–water partition coefficient (Wildman–Crippen LogP) is 4.06. The number of benzene rings is 2. The number of nitrogens with one attached hydrogen (secondary N) is 1. The van der Waals surface area contributed by atoms with Gasteiger partial charge < -0.3 is 14.2 Å². The zero-order valence-electron chi connectivity index (χ0n) is 13.2. The van der Waals surface area contributed by atoms with E-state index in [0.717, 1.165) is 21.0 Å². The van der Waals surface area contributed by atoms with Gasteiger partial charge in [0.2, 0.25) is 0 Å².